The van der Waals surface area contributed by atoms with Crippen molar-refractivity contribution >= 4 is 44.5 Å². The molecule has 4 rings (SSSR count). The second-order valence-corrected chi connectivity index (χ2v) is 9.43. The molecule has 2 aromatic carbocycles. The van der Waals surface area contributed by atoms with Crippen molar-refractivity contribution in [2.45, 2.75) is 10.9 Å². The van der Waals surface area contributed by atoms with Gasteiger partial charge in [0, 0.05) is 24.3 Å². The van der Waals surface area contributed by atoms with Crippen LogP contribution < -0.4 is 4.72 Å². The van der Waals surface area contributed by atoms with Gasteiger partial charge < -0.3 is 4.90 Å². The summed E-state index contributed by atoms with van der Waals surface area (Å²) in [5.41, 5.74) is 0.407. The highest BCUT2D eigenvalue weighted by Gasteiger charge is 2.43. The lowest BCUT2D eigenvalue weighted by atomic mass is 10.0. The maximum absolute atomic E-state index is 13.3. The van der Waals surface area contributed by atoms with Crippen LogP contribution in [0.4, 0.5) is 14.9 Å². The molecule has 2 aromatic rings. The Bertz CT molecular complexity index is 1130. The quantitative estimate of drug-likeness (QED) is 0.750. The van der Waals surface area contributed by atoms with Gasteiger partial charge in [-0.15, -0.1) is 0 Å². The van der Waals surface area contributed by atoms with E-state index in [0.717, 1.165) is 23.9 Å². The summed E-state index contributed by atoms with van der Waals surface area (Å²) in [6.07, 6.45) is 0. The van der Waals surface area contributed by atoms with Gasteiger partial charge in [0.15, 0.2) is 0 Å². The number of benzene rings is 2. The van der Waals surface area contributed by atoms with Gasteiger partial charge in [0.25, 0.3) is 21.2 Å². The highest BCUT2D eigenvalue weighted by atomic mass is 32.2. The zero-order chi connectivity index (χ0) is 21.5. The molecule has 11 heteroatoms. The van der Waals surface area contributed by atoms with Crippen molar-refractivity contribution in [1.82, 2.24) is 9.80 Å². The van der Waals surface area contributed by atoms with E-state index in [1.165, 1.54) is 46.2 Å². The summed E-state index contributed by atoms with van der Waals surface area (Å²) >= 11 is 0.949. The van der Waals surface area contributed by atoms with E-state index in [1.54, 1.807) is 0 Å². The number of thioether (sulfide) groups is 1. The first kappa shape index (κ1) is 20.4. The van der Waals surface area contributed by atoms with Gasteiger partial charge in [-0.3, -0.25) is 24.0 Å². The largest absolute Gasteiger partial charge is 0.334 e. The molecule has 2 aliphatic heterocycles. The molecule has 0 unspecified atom stereocenters. The number of hydrogen-bond donors (Lipinski definition) is 1. The minimum absolute atomic E-state index is 0.122. The Balaban J connectivity index is 1.44. The highest BCUT2D eigenvalue weighted by molar-refractivity contribution is 8.14. The van der Waals surface area contributed by atoms with E-state index in [-0.39, 0.29) is 58.1 Å². The predicted octanol–water partition coefficient (Wildman–Crippen LogP) is 2.15. The van der Waals surface area contributed by atoms with E-state index in [4.69, 9.17) is 0 Å². The minimum atomic E-state index is -4.02. The summed E-state index contributed by atoms with van der Waals surface area (Å²) in [6.45, 7) is 0.465. The number of amides is 3. The zero-order valence-corrected chi connectivity index (χ0v) is 17.1. The molecule has 0 radical (unpaired) electrons. The SMILES string of the molecule is O=C(c1cccc(NS(=O)(=O)c2cccc(F)c2)c1)N1CC(N2C(=O)CSC2=O)C1. The van der Waals surface area contributed by atoms with Crippen LogP contribution in [-0.4, -0.2) is 60.2 Å². The Labute approximate surface area is 176 Å². The van der Waals surface area contributed by atoms with Gasteiger partial charge in [-0.2, -0.15) is 0 Å². The van der Waals surface area contributed by atoms with Crippen molar-refractivity contribution in [3.8, 4) is 0 Å². The summed E-state index contributed by atoms with van der Waals surface area (Å²) in [4.78, 5) is 38.7. The number of sulfonamides is 1. The van der Waals surface area contributed by atoms with Crippen LogP contribution in [0.25, 0.3) is 0 Å². The van der Waals surface area contributed by atoms with E-state index < -0.39 is 15.8 Å². The van der Waals surface area contributed by atoms with Crippen molar-refractivity contribution in [2.75, 3.05) is 23.6 Å². The molecular weight excluding hydrogens is 433 g/mol. The van der Waals surface area contributed by atoms with E-state index in [2.05, 4.69) is 4.72 Å². The number of rotatable bonds is 5. The standard InChI is InChI=1S/C19H16FN3O5S2/c20-13-4-2-6-16(8-13)30(27,28)21-14-5-1-3-12(7-14)18(25)22-9-15(10-22)23-17(24)11-29-19(23)26/h1-8,15,21H,9-11H2. The monoisotopic (exact) mass is 449 g/mol. The van der Waals surface area contributed by atoms with Gasteiger partial charge in [0.05, 0.1) is 16.7 Å². The van der Waals surface area contributed by atoms with Crippen LogP contribution in [0.15, 0.2) is 53.4 Å². The van der Waals surface area contributed by atoms with Crippen molar-refractivity contribution < 1.29 is 27.2 Å². The highest BCUT2D eigenvalue weighted by Crippen LogP contribution is 2.27. The van der Waals surface area contributed by atoms with E-state index in [9.17, 15) is 27.2 Å². The first-order valence-electron chi connectivity index (χ1n) is 8.91. The Kier molecular flexibility index (Phi) is 5.24. The number of hydrogen-bond acceptors (Lipinski definition) is 6. The van der Waals surface area contributed by atoms with Gasteiger partial charge in [-0.05, 0) is 36.4 Å². The molecule has 0 saturated carbocycles. The van der Waals surface area contributed by atoms with Crippen LogP contribution >= 0.6 is 11.8 Å². The molecule has 30 heavy (non-hydrogen) atoms. The van der Waals surface area contributed by atoms with Crippen molar-refractivity contribution in [3.05, 3.63) is 59.9 Å². The first-order chi connectivity index (χ1) is 14.2. The molecule has 0 aromatic heterocycles. The van der Waals surface area contributed by atoms with Crippen LogP contribution in [0.3, 0.4) is 0 Å². The second-order valence-electron chi connectivity index (χ2n) is 6.83. The predicted molar refractivity (Wildman–Crippen MR) is 108 cm³/mol. The molecule has 0 bridgehead atoms. The number of nitrogens with one attached hydrogen (secondary N) is 1. The van der Waals surface area contributed by atoms with Gasteiger partial charge in [0.1, 0.15) is 5.82 Å². The van der Waals surface area contributed by atoms with Crippen LogP contribution in [-0.2, 0) is 14.8 Å². The molecule has 2 heterocycles. The van der Waals surface area contributed by atoms with Crippen LogP contribution in [0.5, 0.6) is 0 Å². The maximum atomic E-state index is 13.3. The minimum Gasteiger partial charge on any atom is -0.334 e. The van der Waals surface area contributed by atoms with Crippen molar-refractivity contribution in [2.24, 2.45) is 0 Å². The van der Waals surface area contributed by atoms with E-state index >= 15 is 0 Å². The maximum Gasteiger partial charge on any atom is 0.289 e. The smallest absolute Gasteiger partial charge is 0.289 e. The zero-order valence-electron chi connectivity index (χ0n) is 15.4. The van der Waals surface area contributed by atoms with Gasteiger partial charge >= 0.3 is 0 Å². The second kappa shape index (κ2) is 7.73. The molecule has 2 saturated heterocycles. The lowest BCUT2D eigenvalue weighted by Crippen LogP contribution is -2.62. The number of nitrogens with zero attached hydrogens (tertiary/aromatic N) is 2. The Hall–Kier alpha value is -2.92. The van der Waals surface area contributed by atoms with Gasteiger partial charge in [0.2, 0.25) is 5.91 Å². The molecule has 2 fully saturated rings. The molecule has 0 atom stereocenters. The third-order valence-corrected chi connectivity index (χ3v) is 6.98. The number of imide groups is 1. The molecular formula is C19H16FN3O5S2. The number of halogens is 1. The summed E-state index contributed by atoms with van der Waals surface area (Å²) in [5, 5.41) is -0.300. The van der Waals surface area contributed by atoms with Crippen molar-refractivity contribution in [1.29, 1.82) is 0 Å². The van der Waals surface area contributed by atoms with Gasteiger partial charge in [-0.1, -0.05) is 23.9 Å². The van der Waals surface area contributed by atoms with Crippen molar-refractivity contribution in [3.63, 3.8) is 0 Å². The van der Waals surface area contributed by atoms with Crippen LogP contribution in [0.1, 0.15) is 10.4 Å². The fourth-order valence-corrected chi connectivity index (χ4v) is 5.10. The average Bonchev–Trinajstić information content (AvgIpc) is 2.99. The third kappa shape index (κ3) is 3.90. The molecule has 0 spiro atoms. The molecule has 0 aliphatic carbocycles. The molecule has 1 N–H and O–H groups in total. The fourth-order valence-electron chi connectivity index (χ4n) is 3.25. The lowest BCUT2D eigenvalue weighted by molar-refractivity contribution is -0.128. The number of anilines is 1. The molecule has 3 amide bonds. The number of likely N-dealkylation sites (tertiary alicyclic amines) is 1. The number of carbonyl (C=O) groups excluding carboxylic acids is 3. The number of carbonyl (C=O) groups is 3. The fraction of sp³-hybridized carbons (Fsp3) is 0.211. The van der Waals surface area contributed by atoms with Crippen LogP contribution in [0.2, 0.25) is 0 Å². The Morgan fingerprint density at radius 1 is 1.10 bits per heavy atom. The van der Waals surface area contributed by atoms with E-state index in [0.29, 0.717) is 0 Å². The Morgan fingerprint density at radius 3 is 2.50 bits per heavy atom. The average molecular weight is 449 g/mol. The third-order valence-electron chi connectivity index (χ3n) is 4.77. The summed E-state index contributed by atoms with van der Waals surface area (Å²) in [5.74, 6) is -1.15. The summed E-state index contributed by atoms with van der Waals surface area (Å²) in [7, 11) is -4.02. The Morgan fingerprint density at radius 2 is 1.83 bits per heavy atom. The molecule has 8 nitrogen and oxygen atoms in total. The van der Waals surface area contributed by atoms with E-state index in [1.807, 2.05) is 0 Å². The summed E-state index contributed by atoms with van der Waals surface area (Å²) in [6, 6.07) is 10.2. The topological polar surface area (TPSA) is 104 Å². The van der Waals surface area contributed by atoms with Gasteiger partial charge in [-0.25, -0.2) is 12.8 Å². The summed E-state index contributed by atoms with van der Waals surface area (Å²) < 4.78 is 40.6. The molecule has 156 valence electrons. The molecule has 2 aliphatic rings. The first-order valence-corrected chi connectivity index (χ1v) is 11.4. The normalized spacial score (nSPS) is 17.2. The van der Waals surface area contributed by atoms with Crippen LogP contribution in [0, 0.1) is 5.82 Å². The lowest BCUT2D eigenvalue weighted by Gasteiger charge is -2.42.